The van der Waals surface area contributed by atoms with E-state index in [2.05, 4.69) is 75.7 Å². The number of piperazine rings is 1. The molecule has 1 N–H and O–H groups in total. The molecule has 1 saturated heterocycles. The molecule has 4 aromatic rings. The minimum Gasteiger partial charge on any atom is -0.384 e. The molecule has 1 fully saturated rings. The third-order valence-electron chi connectivity index (χ3n) is 7.22. The summed E-state index contributed by atoms with van der Waals surface area (Å²) in [4.78, 5) is 20.7. The fourth-order valence-electron chi connectivity index (χ4n) is 5.39. The van der Waals surface area contributed by atoms with E-state index in [-0.39, 0.29) is 5.78 Å². The number of ketones is 1. The molecule has 1 aliphatic heterocycles. The van der Waals surface area contributed by atoms with Crippen molar-refractivity contribution in [3.63, 3.8) is 0 Å². The number of para-hydroxylation sites is 1. The molecule has 7 heteroatoms. The third kappa shape index (κ3) is 3.89. The highest BCUT2D eigenvalue weighted by atomic mass is 16.5. The molecule has 6 rings (SSSR count). The lowest BCUT2D eigenvalue weighted by Gasteiger charge is -2.37. The van der Waals surface area contributed by atoms with Crippen molar-refractivity contribution < 1.29 is 9.32 Å². The van der Waals surface area contributed by atoms with E-state index < -0.39 is 0 Å². The maximum atomic E-state index is 13.7. The Bertz CT molecular complexity index is 1400. The van der Waals surface area contributed by atoms with Crippen LogP contribution in [0.5, 0.6) is 0 Å². The van der Waals surface area contributed by atoms with Crippen LogP contribution >= 0.6 is 0 Å². The van der Waals surface area contributed by atoms with E-state index in [4.69, 9.17) is 4.52 Å². The van der Waals surface area contributed by atoms with Crippen LogP contribution in [0.2, 0.25) is 0 Å². The zero-order valence-electron chi connectivity index (χ0n) is 20.8. The van der Waals surface area contributed by atoms with Gasteiger partial charge in [-0.25, -0.2) is 0 Å². The number of anilines is 3. The number of rotatable bonds is 7. The summed E-state index contributed by atoms with van der Waals surface area (Å²) in [5, 5.41) is 8.93. The Morgan fingerprint density at radius 1 is 0.944 bits per heavy atom. The predicted octanol–water partition coefficient (Wildman–Crippen LogP) is 4.73. The van der Waals surface area contributed by atoms with E-state index in [0.717, 1.165) is 73.5 Å². The minimum atomic E-state index is 0.0295. The Balaban J connectivity index is 1.38. The van der Waals surface area contributed by atoms with Crippen LogP contribution in [-0.2, 0) is 0 Å². The average Bonchev–Trinajstić information content (AvgIpc) is 3.36. The van der Waals surface area contributed by atoms with E-state index in [1.165, 1.54) is 5.69 Å². The van der Waals surface area contributed by atoms with E-state index in [1.54, 1.807) is 0 Å². The van der Waals surface area contributed by atoms with Crippen molar-refractivity contribution in [3.05, 3.63) is 71.8 Å². The van der Waals surface area contributed by atoms with Gasteiger partial charge in [0.2, 0.25) is 0 Å². The second-order valence-corrected chi connectivity index (χ2v) is 9.82. The quantitative estimate of drug-likeness (QED) is 0.337. The summed E-state index contributed by atoms with van der Waals surface area (Å²) in [6, 6.07) is 20.3. The molecule has 0 radical (unpaired) electrons. The number of nitrogens with zero attached hydrogens (tertiary/aromatic N) is 4. The number of aromatic nitrogens is 1. The minimum absolute atomic E-state index is 0.0295. The van der Waals surface area contributed by atoms with E-state index >= 15 is 0 Å². The summed E-state index contributed by atoms with van der Waals surface area (Å²) in [5.41, 5.74) is 6.09. The SMILES string of the molecule is CN(C)CCCNc1cc(N2CCN(c3ccccc3)CC2)c2noc3c2c1C(=O)c1ccccc1-3. The number of carbonyl (C=O) groups excluding carboxylic acids is 1. The molecule has 0 atom stereocenters. The molecule has 3 aromatic carbocycles. The van der Waals surface area contributed by atoms with Crippen LogP contribution in [0.25, 0.3) is 22.2 Å². The Kier molecular flexibility index (Phi) is 5.85. The van der Waals surface area contributed by atoms with Crippen LogP contribution in [0.4, 0.5) is 17.1 Å². The summed E-state index contributed by atoms with van der Waals surface area (Å²) in [6.45, 7) is 5.35. The first-order valence-corrected chi connectivity index (χ1v) is 12.7. The van der Waals surface area contributed by atoms with Gasteiger partial charge in [0.1, 0.15) is 5.52 Å². The fourth-order valence-corrected chi connectivity index (χ4v) is 5.39. The molecule has 36 heavy (non-hydrogen) atoms. The van der Waals surface area contributed by atoms with Crippen LogP contribution in [-0.4, -0.2) is 69.2 Å². The van der Waals surface area contributed by atoms with Gasteiger partial charge in [-0.2, -0.15) is 0 Å². The molecule has 2 heterocycles. The van der Waals surface area contributed by atoms with E-state index in [1.807, 2.05) is 24.3 Å². The van der Waals surface area contributed by atoms with Crippen molar-refractivity contribution >= 4 is 33.7 Å². The monoisotopic (exact) mass is 481 g/mol. The number of carbonyl (C=O) groups is 1. The van der Waals surface area contributed by atoms with Crippen molar-refractivity contribution in [3.8, 4) is 11.3 Å². The Morgan fingerprint density at radius 2 is 1.64 bits per heavy atom. The molecular formula is C29H31N5O2. The first kappa shape index (κ1) is 22.6. The van der Waals surface area contributed by atoms with Gasteiger partial charge in [0.05, 0.1) is 16.6 Å². The lowest BCUT2D eigenvalue weighted by atomic mass is 9.86. The Labute approximate surface area is 211 Å². The largest absolute Gasteiger partial charge is 0.384 e. The number of nitrogens with one attached hydrogen (secondary N) is 1. The highest BCUT2D eigenvalue weighted by molar-refractivity contribution is 6.28. The normalized spacial score (nSPS) is 15.0. The van der Waals surface area contributed by atoms with Crippen molar-refractivity contribution in [2.75, 3.05) is 68.5 Å². The molecule has 0 amide bonds. The van der Waals surface area contributed by atoms with Gasteiger partial charge in [0, 0.05) is 55.2 Å². The highest BCUT2D eigenvalue weighted by Gasteiger charge is 2.34. The Hall–Kier alpha value is -3.84. The Morgan fingerprint density at radius 3 is 2.39 bits per heavy atom. The zero-order chi connectivity index (χ0) is 24.6. The molecular weight excluding hydrogens is 450 g/mol. The van der Waals surface area contributed by atoms with Crippen LogP contribution < -0.4 is 15.1 Å². The topological polar surface area (TPSA) is 64.8 Å². The van der Waals surface area contributed by atoms with Gasteiger partial charge in [0.15, 0.2) is 11.5 Å². The molecule has 184 valence electrons. The summed E-state index contributed by atoms with van der Waals surface area (Å²) in [7, 11) is 4.15. The number of fused-ring (bicyclic) bond motifs is 2. The maximum absolute atomic E-state index is 13.7. The van der Waals surface area contributed by atoms with Crippen LogP contribution in [0, 0.1) is 0 Å². The van der Waals surface area contributed by atoms with Gasteiger partial charge < -0.3 is 24.5 Å². The summed E-state index contributed by atoms with van der Waals surface area (Å²) in [6.07, 6.45) is 0.983. The third-order valence-corrected chi connectivity index (χ3v) is 7.22. The number of hydrogen-bond donors (Lipinski definition) is 1. The summed E-state index contributed by atoms with van der Waals surface area (Å²) >= 11 is 0. The molecule has 0 spiro atoms. The zero-order valence-corrected chi connectivity index (χ0v) is 20.8. The maximum Gasteiger partial charge on any atom is 0.196 e. The highest BCUT2D eigenvalue weighted by Crippen LogP contribution is 2.45. The van der Waals surface area contributed by atoms with Gasteiger partial charge in [-0.05, 0) is 45.3 Å². The van der Waals surface area contributed by atoms with Crippen LogP contribution in [0.3, 0.4) is 0 Å². The fraction of sp³-hybridized carbons (Fsp3) is 0.310. The van der Waals surface area contributed by atoms with Gasteiger partial charge in [-0.1, -0.05) is 47.6 Å². The van der Waals surface area contributed by atoms with E-state index in [9.17, 15) is 4.79 Å². The second kappa shape index (κ2) is 9.32. The van der Waals surface area contributed by atoms with Crippen molar-refractivity contribution in [1.29, 1.82) is 0 Å². The van der Waals surface area contributed by atoms with Gasteiger partial charge in [-0.3, -0.25) is 4.79 Å². The molecule has 0 bridgehead atoms. The molecule has 1 aliphatic carbocycles. The first-order valence-electron chi connectivity index (χ1n) is 12.7. The van der Waals surface area contributed by atoms with Crippen LogP contribution in [0.15, 0.2) is 65.2 Å². The van der Waals surface area contributed by atoms with Gasteiger partial charge in [0.25, 0.3) is 0 Å². The van der Waals surface area contributed by atoms with Gasteiger partial charge in [-0.15, -0.1) is 0 Å². The first-order chi connectivity index (χ1) is 17.6. The smallest absolute Gasteiger partial charge is 0.196 e. The lowest BCUT2D eigenvalue weighted by Crippen LogP contribution is -2.46. The lowest BCUT2D eigenvalue weighted by molar-refractivity contribution is 0.104. The number of hydrogen-bond acceptors (Lipinski definition) is 7. The average molecular weight is 482 g/mol. The van der Waals surface area contributed by atoms with Gasteiger partial charge >= 0.3 is 0 Å². The van der Waals surface area contributed by atoms with Crippen molar-refractivity contribution in [2.24, 2.45) is 0 Å². The second-order valence-electron chi connectivity index (χ2n) is 9.82. The predicted molar refractivity (Wildman–Crippen MR) is 145 cm³/mol. The van der Waals surface area contributed by atoms with E-state index in [0.29, 0.717) is 16.9 Å². The van der Waals surface area contributed by atoms with Crippen molar-refractivity contribution in [2.45, 2.75) is 6.42 Å². The van der Waals surface area contributed by atoms with Crippen LogP contribution in [0.1, 0.15) is 22.3 Å². The summed E-state index contributed by atoms with van der Waals surface area (Å²) in [5.74, 6) is 0.721. The molecule has 0 saturated carbocycles. The van der Waals surface area contributed by atoms with Crippen molar-refractivity contribution in [1.82, 2.24) is 10.1 Å². The molecule has 1 aromatic heterocycles. The molecule has 2 aliphatic rings. The molecule has 7 nitrogen and oxygen atoms in total. The number of benzene rings is 3. The standard InChI is InChI=1S/C29H31N5O2/c1-32(2)14-8-13-30-23-19-24(34-17-15-33(16-18-34)20-9-4-3-5-10-20)27-26-25(23)28(35)21-11-6-7-12-22(21)29(26)36-31-27/h3-7,9-12,19,30H,8,13-18H2,1-2H3. The molecule has 0 unspecified atom stereocenters. The summed E-state index contributed by atoms with van der Waals surface area (Å²) < 4.78 is 5.93.